The molecule has 4 aliphatic carbocycles. The molecule has 0 fully saturated rings. The van der Waals surface area contributed by atoms with Gasteiger partial charge in [0.15, 0.2) is 25.2 Å². The minimum absolute atomic E-state index is 0. The molecule has 0 N–H and O–H groups in total. The van der Waals surface area contributed by atoms with Crippen molar-refractivity contribution in [2.75, 3.05) is 0 Å². The van der Waals surface area contributed by atoms with E-state index in [2.05, 4.69) is 131 Å². The fourth-order valence-corrected chi connectivity index (χ4v) is 8.46. The molecule has 0 spiro atoms. The van der Waals surface area contributed by atoms with Gasteiger partial charge < -0.3 is 34.0 Å². The van der Waals surface area contributed by atoms with Gasteiger partial charge in [-0.1, -0.05) is 66.8 Å². The van der Waals surface area contributed by atoms with Gasteiger partial charge in [0.2, 0.25) is 0 Å². The summed E-state index contributed by atoms with van der Waals surface area (Å²) in [6.07, 6.45) is 36.4. The summed E-state index contributed by atoms with van der Waals surface area (Å²) >= 11 is 0. The number of benzene rings is 1. The van der Waals surface area contributed by atoms with Crippen LogP contribution >= 0.6 is 0 Å². The summed E-state index contributed by atoms with van der Waals surface area (Å²) in [7, 11) is 0. The van der Waals surface area contributed by atoms with Crippen molar-refractivity contribution in [3.63, 3.8) is 0 Å². The Hall–Kier alpha value is -3.22. The maximum absolute atomic E-state index is 4.81. The highest BCUT2D eigenvalue weighted by Crippen LogP contribution is 2.47. The Morgan fingerprint density at radius 1 is 0.571 bits per heavy atom. The van der Waals surface area contributed by atoms with Crippen LogP contribution < -0.4 is 34.0 Å². The fraction of sp³-hybridized carbons (Fsp3) is 0.278. The van der Waals surface area contributed by atoms with Gasteiger partial charge >= 0.3 is 0 Å². The van der Waals surface area contributed by atoms with Crippen molar-refractivity contribution < 1.29 is 43.1 Å². The monoisotopic (exact) mass is 678 g/mol. The number of nitrogens with zero attached hydrogens (tertiary/aromatic N) is 4. The van der Waals surface area contributed by atoms with Crippen LogP contribution in [0.1, 0.15) is 11.1 Å². The zero-order chi connectivity index (χ0) is 26.2. The van der Waals surface area contributed by atoms with Crippen molar-refractivity contribution in [1.82, 2.24) is 0 Å². The first-order chi connectivity index (χ1) is 19.8. The third-order valence-electron chi connectivity index (χ3n) is 10.1. The Morgan fingerprint density at radius 3 is 1.55 bits per heavy atom. The van der Waals surface area contributed by atoms with E-state index >= 15 is 0 Å². The second-order valence-corrected chi connectivity index (χ2v) is 12.3. The maximum atomic E-state index is 4.81. The minimum Gasteiger partial charge on any atom is -1.00 e. The zero-order valence-corrected chi connectivity index (χ0v) is 26.3. The van der Waals surface area contributed by atoms with E-state index in [4.69, 9.17) is 9.98 Å². The van der Waals surface area contributed by atoms with Gasteiger partial charge in [-0.25, -0.2) is 9.15 Å². The molecule has 4 aliphatic heterocycles. The molecule has 9 rings (SSSR count). The summed E-state index contributed by atoms with van der Waals surface area (Å²) < 4.78 is 5.17. The predicted octanol–water partition coefficient (Wildman–Crippen LogP) is -0.609. The first kappa shape index (κ1) is 27.6. The number of aliphatic imine (C=N–C) groups is 2. The van der Waals surface area contributed by atoms with Crippen molar-refractivity contribution in [2.45, 2.75) is 25.2 Å². The molecule has 4 heterocycles. The molecule has 1 aromatic carbocycles. The third-order valence-corrected chi connectivity index (χ3v) is 10.1. The molecule has 0 saturated heterocycles. The number of hydrogen-bond acceptors (Lipinski definition) is 2. The zero-order valence-electron chi connectivity index (χ0n) is 23.1. The summed E-state index contributed by atoms with van der Waals surface area (Å²) in [4.78, 5) is 9.62. The highest BCUT2D eigenvalue weighted by atomic mass is 79.9. The van der Waals surface area contributed by atoms with Crippen LogP contribution in [0.3, 0.4) is 0 Å². The van der Waals surface area contributed by atoms with Crippen molar-refractivity contribution in [2.24, 2.45) is 45.5 Å². The number of rotatable bonds is 4. The standard InChI is InChI=1S/C36H32N4.2BrH/c1-6-23(19-39-21-27-10-2-12-29-33(27)35-25(17-37-29)8-4-14-31(35)39)16-24(7-1)20-40-22-28-11-3-13-30-34(28)36-26(18-38-30)9-5-15-32(36)40;;/h1-18,21-22,27-28,31-36H,19-20H2;2*1H/q+2;;/p-2. The molecule has 0 radical (unpaired) electrons. The van der Waals surface area contributed by atoms with Crippen LogP contribution in [-0.2, 0) is 13.1 Å². The SMILES string of the molecule is C1=CC2C=[N+](Cc3cccc(C[N+]4=CC5C=CC=C6N=CC7=CC=CC4C7C65)c3)C3C=CC=C4C=NC(=C1)C2C43.[Br-].[Br-]. The molecule has 8 atom stereocenters. The first-order valence-electron chi connectivity index (χ1n) is 14.7. The van der Waals surface area contributed by atoms with E-state index < -0.39 is 0 Å². The van der Waals surface area contributed by atoms with E-state index in [1.54, 1.807) is 0 Å². The molecule has 4 nitrogen and oxygen atoms in total. The highest BCUT2D eigenvalue weighted by molar-refractivity contribution is 5.85. The second-order valence-electron chi connectivity index (χ2n) is 12.3. The lowest BCUT2D eigenvalue weighted by atomic mass is 9.66. The molecule has 0 amide bonds. The number of halogens is 2. The van der Waals surface area contributed by atoms with E-state index in [1.807, 2.05) is 0 Å². The highest BCUT2D eigenvalue weighted by Gasteiger charge is 2.50. The quantitative estimate of drug-likeness (QED) is 0.381. The molecular weight excluding hydrogens is 648 g/mol. The lowest BCUT2D eigenvalue weighted by Crippen LogP contribution is -3.00. The van der Waals surface area contributed by atoms with Crippen molar-refractivity contribution >= 4 is 24.9 Å². The van der Waals surface area contributed by atoms with Crippen LogP contribution in [-0.4, -0.2) is 46.1 Å². The van der Waals surface area contributed by atoms with Gasteiger partial charge in [-0.3, -0.25) is 9.98 Å². The van der Waals surface area contributed by atoms with Crippen molar-refractivity contribution in [3.05, 3.63) is 131 Å². The maximum Gasteiger partial charge on any atom is 0.179 e. The summed E-state index contributed by atoms with van der Waals surface area (Å²) in [6, 6.07) is 10.0. The van der Waals surface area contributed by atoms with Crippen LogP contribution in [0.4, 0.5) is 0 Å². The molecule has 1 aromatic rings. The molecule has 8 unspecified atom stereocenters. The largest absolute Gasteiger partial charge is 1.00 e. The summed E-state index contributed by atoms with van der Waals surface area (Å²) in [5.74, 6) is 2.64. The third kappa shape index (κ3) is 4.29. The normalized spacial score (nSPS) is 34.8. The van der Waals surface area contributed by atoms with Crippen LogP contribution in [0.2, 0.25) is 0 Å². The minimum atomic E-state index is 0. The van der Waals surface area contributed by atoms with Gasteiger partial charge in [-0.15, -0.1) is 0 Å². The molecule has 6 heteroatoms. The number of hydrogen-bond donors (Lipinski definition) is 0. The Bertz CT molecular complexity index is 1590. The van der Waals surface area contributed by atoms with Gasteiger partial charge in [-0.05, 0) is 41.5 Å². The van der Waals surface area contributed by atoms with Gasteiger partial charge in [0.25, 0.3) is 0 Å². The summed E-state index contributed by atoms with van der Waals surface area (Å²) in [6.45, 7) is 1.83. The molecule has 0 saturated carbocycles. The Balaban J connectivity index is 0.00000144. The van der Waals surface area contributed by atoms with Crippen LogP contribution in [0, 0.1) is 35.5 Å². The molecule has 0 bridgehead atoms. The smallest absolute Gasteiger partial charge is 0.179 e. The van der Waals surface area contributed by atoms with E-state index in [0.29, 0.717) is 47.6 Å². The lowest BCUT2D eigenvalue weighted by Gasteiger charge is -2.42. The van der Waals surface area contributed by atoms with Crippen LogP contribution in [0.25, 0.3) is 0 Å². The molecular formula is C36H32Br2N4. The van der Waals surface area contributed by atoms with E-state index in [9.17, 15) is 0 Å². The summed E-state index contributed by atoms with van der Waals surface area (Å²) in [5.41, 5.74) is 7.97. The average molecular weight is 680 g/mol. The lowest BCUT2D eigenvalue weighted by molar-refractivity contribution is -0.581. The molecule has 8 aliphatic rings. The predicted molar refractivity (Wildman–Crippen MR) is 161 cm³/mol. The van der Waals surface area contributed by atoms with Gasteiger partial charge in [0.05, 0.1) is 23.7 Å². The topological polar surface area (TPSA) is 30.7 Å². The second kappa shape index (κ2) is 10.8. The van der Waals surface area contributed by atoms with Crippen LogP contribution in [0.15, 0.2) is 130 Å². The van der Waals surface area contributed by atoms with Gasteiger partial charge in [0, 0.05) is 46.8 Å². The van der Waals surface area contributed by atoms with Crippen LogP contribution in [0.5, 0.6) is 0 Å². The molecule has 210 valence electrons. The Labute approximate surface area is 268 Å². The number of allylic oxidation sites excluding steroid dienone is 12. The van der Waals surface area contributed by atoms with Crippen molar-refractivity contribution in [3.8, 4) is 0 Å². The summed E-state index contributed by atoms with van der Waals surface area (Å²) in [5, 5.41) is 0. The molecule has 0 aromatic heterocycles. The van der Waals surface area contributed by atoms with E-state index in [0.717, 1.165) is 13.1 Å². The Morgan fingerprint density at radius 2 is 1.05 bits per heavy atom. The van der Waals surface area contributed by atoms with Gasteiger partial charge in [0.1, 0.15) is 12.4 Å². The first-order valence-corrected chi connectivity index (χ1v) is 14.7. The van der Waals surface area contributed by atoms with E-state index in [1.165, 1.54) is 33.7 Å². The molecule has 42 heavy (non-hydrogen) atoms. The van der Waals surface area contributed by atoms with Crippen molar-refractivity contribution in [1.29, 1.82) is 0 Å². The Kier molecular flexibility index (Phi) is 7.10. The van der Waals surface area contributed by atoms with E-state index in [-0.39, 0.29) is 34.0 Å². The van der Waals surface area contributed by atoms with Gasteiger partial charge in [-0.2, -0.15) is 0 Å². The fourth-order valence-electron chi connectivity index (χ4n) is 8.46. The average Bonchev–Trinajstić information content (AvgIpc) is 3.00.